The van der Waals surface area contributed by atoms with Crippen molar-refractivity contribution in [1.29, 1.82) is 0 Å². The first-order valence-corrected chi connectivity index (χ1v) is 6.37. The second-order valence-electron chi connectivity index (χ2n) is 4.57. The van der Waals surface area contributed by atoms with E-state index in [1.807, 2.05) is 6.07 Å². The number of carbonyl (C=O) groups is 2. The Morgan fingerprint density at radius 3 is 2.50 bits per heavy atom. The average molecular weight is 279 g/mol. The van der Waals surface area contributed by atoms with E-state index in [0.29, 0.717) is 18.7 Å². The zero-order chi connectivity index (χ0) is 15.0. The number of ether oxygens (including phenoxy) is 1. The molecular formula is C14H21N3O3. The van der Waals surface area contributed by atoms with Crippen LogP contribution in [0.2, 0.25) is 0 Å². The Morgan fingerprint density at radius 2 is 1.95 bits per heavy atom. The minimum Gasteiger partial charge on any atom is -0.383 e. The Labute approximate surface area is 118 Å². The summed E-state index contributed by atoms with van der Waals surface area (Å²) in [5.41, 5.74) is 4.86. The van der Waals surface area contributed by atoms with E-state index in [2.05, 4.69) is 10.6 Å². The van der Waals surface area contributed by atoms with E-state index in [1.165, 1.54) is 0 Å². The Bertz CT molecular complexity index is 450. The van der Waals surface area contributed by atoms with Gasteiger partial charge in [0.2, 0.25) is 11.8 Å². The molecule has 0 aromatic heterocycles. The van der Waals surface area contributed by atoms with Crippen molar-refractivity contribution >= 4 is 11.8 Å². The molecule has 0 aliphatic rings. The molecule has 4 N–H and O–H groups in total. The predicted octanol–water partition coefficient (Wildman–Crippen LogP) is -0.261. The molecule has 0 radical (unpaired) electrons. The molecule has 1 aromatic rings. The van der Waals surface area contributed by atoms with Gasteiger partial charge in [-0.3, -0.25) is 9.59 Å². The molecule has 0 aliphatic carbocycles. The standard InChI is InChI=1S/C14H21N3O3/c1-14(13(15)19,11-6-4-3-5-7-11)17-12(18)10-16-8-9-20-2/h3-7,16H,8-10H2,1-2H3,(H2,15,19)(H,17,18). The summed E-state index contributed by atoms with van der Waals surface area (Å²) in [6, 6.07) is 8.92. The first-order chi connectivity index (χ1) is 9.50. The number of hydrogen-bond acceptors (Lipinski definition) is 4. The molecule has 0 bridgehead atoms. The maximum absolute atomic E-state index is 11.9. The molecule has 0 saturated heterocycles. The van der Waals surface area contributed by atoms with Crippen molar-refractivity contribution in [2.75, 3.05) is 26.8 Å². The van der Waals surface area contributed by atoms with Gasteiger partial charge in [0.05, 0.1) is 13.2 Å². The molecule has 1 unspecified atom stereocenters. The summed E-state index contributed by atoms with van der Waals surface area (Å²) in [5, 5.41) is 5.58. The molecule has 2 amide bonds. The topological polar surface area (TPSA) is 93.4 Å². The van der Waals surface area contributed by atoms with Gasteiger partial charge in [0, 0.05) is 13.7 Å². The van der Waals surface area contributed by atoms with Gasteiger partial charge in [-0.15, -0.1) is 0 Å². The van der Waals surface area contributed by atoms with E-state index in [0.717, 1.165) is 0 Å². The van der Waals surface area contributed by atoms with Crippen molar-refractivity contribution in [3.63, 3.8) is 0 Å². The fourth-order valence-electron chi connectivity index (χ4n) is 1.75. The highest BCUT2D eigenvalue weighted by Gasteiger charge is 2.34. The monoisotopic (exact) mass is 279 g/mol. The van der Waals surface area contributed by atoms with Crippen molar-refractivity contribution in [2.45, 2.75) is 12.5 Å². The van der Waals surface area contributed by atoms with Crippen molar-refractivity contribution < 1.29 is 14.3 Å². The zero-order valence-electron chi connectivity index (χ0n) is 11.8. The maximum atomic E-state index is 11.9. The molecular weight excluding hydrogens is 258 g/mol. The molecule has 0 spiro atoms. The van der Waals surface area contributed by atoms with Gasteiger partial charge in [-0.25, -0.2) is 0 Å². The summed E-state index contributed by atoms with van der Waals surface area (Å²) < 4.78 is 4.86. The number of hydrogen-bond donors (Lipinski definition) is 3. The number of carbonyl (C=O) groups excluding carboxylic acids is 2. The third kappa shape index (κ3) is 4.32. The highest BCUT2D eigenvalue weighted by atomic mass is 16.5. The summed E-state index contributed by atoms with van der Waals surface area (Å²) >= 11 is 0. The largest absolute Gasteiger partial charge is 0.383 e. The van der Waals surface area contributed by atoms with Gasteiger partial charge in [-0.1, -0.05) is 30.3 Å². The van der Waals surface area contributed by atoms with Gasteiger partial charge in [0.15, 0.2) is 0 Å². The lowest BCUT2D eigenvalue weighted by atomic mass is 9.91. The summed E-state index contributed by atoms with van der Waals surface area (Å²) in [4.78, 5) is 23.6. The molecule has 6 nitrogen and oxygen atoms in total. The number of nitrogens with one attached hydrogen (secondary N) is 2. The van der Waals surface area contributed by atoms with Crippen molar-refractivity contribution in [3.8, 4) is 0 Å². The van der Waals surface area contributed by atoms with Crippen LogP contribution in [0.3, 0.4) is 0 Å². The van der Waals surface area contributed by atoms with Crippen LogP contribution in [0.5, 0.6) is 0 Å². The second-order valence-corrected chi connectivity index (χ2v) is 4.57. The molecule has 0 heterocycles. The number of amides is 2. The van der Waals surface area contributed by atoms with Crippen LogP contribution < -0.4 is 16.4 Å². The van der Waals surface area contributed by atoms with Crippen LogP contribution in [-0.2, 0) is 19.9 Å². The molecule has 1 rings (SSSR count). The molecule has 110 valence electrons. The van der Waals surface area contributed by atoms with Crippen LogP contribution in [0.1, 0.15) is 12.5 Å². The molecule has 0 aliphatic heterocycles. The highest BCUT2D eigenvalue weighted by molar-refractivity contribution is 5.91. The van der Waals surface area contributed by atoms with Crippen LogP contribution in [0.15, 0.2) is 30.3 Å². The van der Waals surface area contributed by atoms with Crippen LogP contribution >= 0.6 is 0 Å². The second kappa shape index (κ2) is 7.62. The third-order valence-electron chi connectivity index (χ3n) is 3.00. The number of rotatable bonds is 8. The van der Waals surface area contributed by atoms with E-state index >= 15 is 0 Å². The minimum atomic E-state index is -1.22. The Balaban J connectivity index is 2.68. The Morgan fingerprint density at radius 1 is 1.30 bits per heavy atom. The van der Waals surface area contributed by atoms with Crippen molar-refractivity contribution in [3.05, 3.63) is 35.9 Å². The van der Waals surface area contributed by atoms with Crippen LogP contribution in [-0.4, -0.2) is 38.6 Å². The average Bonchev–Trinajstić information content (AvgIpc) is 2.44. The van der Waals surface area contributed by atoms with Crippen LogP contribution in [0.4, 0.5) is 0 Å². The molecule has 0 fully saturated rings. The lowest BCUT2D eigenvalue weighted by Gasteiger charge is -2.28. The summed E-state index contributed by atoms with van der Waals surface area (Å²) in [6.07, 6.45) is 0. The quantitative estimate of drug-likeness (QED) is 0.572. The van der Waals surface area contributed by atoms with Crippen molar-refractivity contribution in [1.82, 2.24) is 10.6 Å². The normalized spacial score (nSPS) is 13.5. The smallest absolute Gasteiger partial charge is 0.247 e. The lowest BCUT2D eigenvalue weighted by Crippen LogP contribution is -2.54. The van der Waals surface area contributed by atoms with Gasteiger partial charge >= 0.3 is 0 Å². The van der Waals surface area contributed by atoms with Crippen LogP contribution in [0, 0.1) is 0 Å². The molecule has 0 saturated carbocycles. The number of nitrogens with two attached hydrogens (primary N) is 1. The summed E-state index contributed by atoms with van der Waals surface area (Å²) in [7, 11) is 1.58. The summed E-state index contributed by atoms with van der Waals surface area (Å²) in [6.45, 7) is 2.76. The summed E-state index contributed by atoms with van der Waals surface area (Å²) in [5.74, 6) is -0.903. The van der Waals surface area contributed by atoms with E-state index in [-0.39, 0.29) is 12.5 Å². The third-order valence-corrected chi connectivity index (χ3v) is 3.00. The first kappa shape index (κ1) is 16.1. The van der Waals surface area contributed by atoms with E-state index in [1.54, 1.807) is 38.3 Å². The Kier molecular flexibility index (Phi) is 6.14. The first-order valence-electron chi connectivity index (χ1n) is 6.37. The van der Waals surface area contributed by atoms with Crippen LogP contribution in [0.25, 0.3) is 0 Å². The fourth-order valence-corrected chi connectivity index (χ4v) is 1.75. The molecule has 6 heteroatoms. The minimum absolute atomic E-state index is 0.0963. The van der Waals surface area contributed by atoms with Gasteiger partial charge < -0.3 is 21.1 Å². The zero-order valence-corrected chi connectivity index (χ0v) is 11.8. The van der Waals surface area contributed by atoms with Gasteiger partial charge in [-0.05, 0) is 12.5 Å². The Hall–Kier alpha value is -1.92. The molecule has 1 atom stereocenters. The maximum Gasteiger partial charge on any atom is 0.247 e. The van der Waals surface area contributed by atoms with E-state index < -0.39 is 11.4 Å². The predicted molar refractivity (Wildman–Crippen MR) is 75.9 cm³/mol. The van der Waals surface area contributed by atoms with Gasteiger partial charge in [0.25, 0.3) is 0 Å². The number of primary amides is 1. The highest BCUT2D eigenvalue weighted by Crippen LogP contribution is 2.19. The van der Waals surface area contributed by atoms with Gasteiger partial charge in [-0.2, -0.15) is 0 Å². The number of methoxy groups -OCH3 is 1. The van der Waals surface area contributed by atoms with E-state index in [9.17, 15) is 9.59 Å². The van der Waals surface area contributed by atoms with Gasteiger partial charge in [0.1, 0.15) is 5.54 Å². The molecule has 1 aromatic carbocycles. The molecule has 20 heavy (non-hydrogen) atoms. The van der Waals surface area contributed by atoms with E-state index in [4.69, 9.17) is 10.5 Å². The lowest BCUT2D eigenvalue weighted by molar-refractivity contribution is -0.131. The number of benzene rings is 1. The SMILES string of the molecule is COCCNCC(=O)NC(C)(C(N)=O)c1ccccc1. The van der Waals surface area contributed by atoms with Crippen molar-refractivity contribution in [2.24, 2.45) is 5.73 Å². The fraction of sp³-hybridized carbons (Fsp3) is 0.429.